The molecule has 1 atom stereocenters. The molecule has 1 aliphatic carbocycles. The topological polar surface area (TPSA) is 55.1 Å². The zero-order chi connectivity index (χ0) is 17.2. The molecule has 1 unspecified atom stereocenters. The minimum atomic E-state index is 0.0844. The average molecular weight is 332 g/mol. The van der Waals surface area contributed by atoms with Gasteiger partial charge in [0.2, 0.25) is 5.88 Å². The van der Waals surface area contributed by atoms with E-state index in [4.69, 9.17) is 4.52 Å². The van der Waals surface area contributed by atoms with E-state index >= 15 is 0 Å². The van der Waals surface area contributed by atoms with E-state index < -0.39 is 0 Å². The Morgan fingerprint density at radius 2 is 1.88 bits per heavy atom. The third-order valence-electron chi connectivity index (χ3n) is 4.96. The molecule has 25 heavy (non-hydrogen) atoms. The maximum absolute atomic E-state index is 13.0. The van der Waals surface area contributed by atoms with E-state index in [-0.39, 0.29) is 5.78 Å². The number of nitrogens with zero attached hydrogens (tertiary/aromatic N) is 1. The SMILES string of the molecule is CNc1onc2c1CC(c1ccccc1C(=O)c1ccccc1)CC2. The summed E-state index contributed by atoms with van der Waals surface area (Å²) in [6.07, 6.45) is 2.69. The van der Waals surface area contributed by atoms with Crippen LogP contribution in [0.4, 0.5) is 5.88 Å². The summed E-state index contributed by atoms with van der Waals surface area (Å²) in [6.45, 7) is 0. The number of fused-ring (bicyclic) bond motifs is 1. The van der Waals surface area contributed by atoms with Crippen molar-refractivity contribution in [2.24, 2.45) is 0 Å². The molecule has 4 rings (SSSR count). The summed E-state index contributed by atoms with van der Waals surface area (Å²) in [5.41, 5.74) is 4.82. The Morgan fingerprint density at radius 3 is 2.68 bits per heavy atom. The lowest BCUT2D eigenvalue weighted by atomic mass is 9.80. The van der Waals surface area contributed by atoms with Gasteiger partial charge >= 0.3 is 0 Å². The number of aryl methyl sites for hydroxylation is 1. The second kappa shape index (κ2) is 6.55. The largest absolute Gasteiger partial charge is 0.357 e. The number of anilines is 1. The number of nitrogens with one attached hydrogen (secondary N) is 1. The number of rotatable bonds is 4. The zero-order valence-electron chi connectivity index (χ0n) is 14.2. The lowest BCUT2D eigenvalue weighted by Crippen LogP contribution is -2.16. The summed E-state index contributed by atoms with van der Waals surface area (Å²) >= 11 is 0. The van der Waals surface area contributed by atoms with Crippen LogP contribution in [0.1, 0.15) is 45.1 Å². The molecule has 0 saturated carbocycles. The smallest absolute Gasteiger partial charge is 0.227 e. The van der Waals surface area contributed by atoms with Gasteiger partial charge in [0.1, 0.15) is 0 Å². The lowest BCUT2D eigenvalue weighted by Gasteiger charge is -2.23. The van der Waals surface area contributed by atoms with E-state index in [0.717, 1.165) is 53.1 Å². The number of hydrogen-bond donors (Lipinski definition) is 1. The molecule has 0 fully saturated rings. The minimum Gasteiger partial charge on any atom is -0.357 e. The molecule has 1 aliphatic rings. The zero-order valence-corrected chi connectivity index (χ0v) is 14.2. The van der Waals surface area contributed by atoms with Crippen molar-refractivity contribution >= 4 is 11.7 Å². The van der Waals surface area contributed by atoms with Crippen LogP contribution < -0.4 is 5.32 Å². The van der Waals surface area contributed by atoms with Crippen molar-refractivity contribution in [3.8, 4) is 0 Å². The van der Waals surface area contributed by atoms with E-state index in [0.29, 0.717) is 5.92 Å². The number of aromatic nitrogens is 1. The molecule has 0 saturated heterocycles. The highest BCUT2D eigenvalue weighted by Gasteiger charge is 2.28. The van der Waals surface area contributed by atoms with Gasteiger partial charge in [-0.05, 0) is 30.7 Å². The molecule has 1 aromatic heterocycles. The van der Waals surface area contributed by atoms with Gasteiger partial charge in [0.05, 0.1) is 5.69 Å². The second-order valence-electron chi connectivity index (χ2n) is 6.41. The fraction of sp³-hybridized carbons (Fsp3) is 0.238. The maximum Gasteiger partial charge on any atom is 0.227 e. The molecule has 0 bridgehead atoms. The van der Waals surface area contributed by atoms with E-state index in [1.165, 1.54) is 0 Å². The molecular formula is C21H20N2O2. The van der Waals surface area contributed by atoms with Crippen molar-refractivity contribution in [3.63, 3.8) is 0 Å². The van der Waals surface area contributed by atoms with Gasteiger partial charge in [-0.3, -0.25) is 4.79 Å². The molecule has 1 N–H and O–H groups in total. The third kappa shape index (κ3) is 2.84. The summed E-state index contributed by atoms with van der Waals surface area (Å²) in [5.74, 6) is 1.12. The molecule has 1 heterocycles. The number of ketones is 1. The van der Waals surface area contributed by atoms with Crippen LogP contribution >= 0.6 is 0 Å². The molecule has 4 nitrogen and oxygen atoms in total. The standard InChI is InChI=1S/C21H20N2O2/c1-22-21-18-13-15(11-12-19(18)23-25-21)16-9-5-6-10-17(16)20(24)14-7-3-2-4-8-14/h2-10,15,22H,11-13H2,1H3. The summed E-state index contributed by atoms with van der Waals surface area (Å²) in [7, 11) is 1.84. The first-order chi connectivity index (χ1) is 12.3. The first-order valence-electron chi connectivity index (χ1n) is 8.61. The van der Waals surface area contributed by atoms with E-state index in [1.54, 1.807) is 0 Å². The predicted octanol–water partition coefficient (Wildman–Crippen LogP) is 4.22. The molecular weight excluding hydrogens is 312 g/mol. The molecule has 126 valence electrons. The molecule has 0 aliphatic heterocycles. The Bertz CT molecular complexity index is 886. The van der Waals surface area contributed by atoms with Gasteiger partial charge in [-0.1, -0.05) is 59.8 Å². The van der Waals surface area contributed by atoms with Crippen LogP contribution in [0.5, 0.6) is 0 Å². The van der Waals surface area contributed by atoms with Crippen molar-refractivity contribution in [1.82, 2.24) is 5.16 Å². The van der Waals surface area contributed by atoms with Crippen LogP contribution in [-0.4, -0.2) is 18.0 Å². The third-order valence-corrected chi connectivity index (χ3v) is 4.96. The fourth-order valence-corrected chi connectivity index (χ4v) is 3.68. The number of carbonyl (C=O) groups is 1. The molecule has 4 heteroatoms. The maximum atomic E-state index is 13.0. The lowest BCUT2D eigenvalue weighted by molar-refractivity contribution is 0.103. The van der Waals surface area contributed by atoms with E-state index in [2.05, 4.69) is 16.5 Å². The van der Waals surface area contributed by atoms with Crippen LogP contribution in [0.2, 0.25) is 0 Å². The van der Waals surface area contributed by atoms with Crippen molar-refractivity contribution in [2.75, 3.05) is 12.4 Å². The first kappa shape index (κ1) is 15.6. The molecule has 3 aromatic rings. The second-order valence-corrected chi connectivity index (χ2v) is 6.41. The summed E-state index contributed by atoms with van der Waals surface area (Å²) in [6, 6.07) is 17.4. The van der Waals surface area contributed by atoms with Crippen LogP contribution in [-0.2, 0) is 12.8 Å². The summed E-state index contributed by atoms with van der Waals surface area (Å²) in [4.78, 5) is 13.0. The summed E-state index contributed by atoms with van der Waals surface area (Å²) in [5, 5.41) is 7.23. The molecule has 2 aromatic carbocycles. The van der Waals surface area contributed by atoms with Crippen LogP contribution in [0, 0.1) is 0 Å². The highest BCUT2D eigenvalue weighted by atomic mass is 16.5. The molecule has 0 spiro atoms. The van der Waals surface area contributed by atoms with Crippen LogP contribution in [0.15, 0.2) is 59.1 Å². The van der Waals surface area contributed by atoms with Gasteiger partial charge in [-0.25, -0.2) is 0 Å². The quantitative estimate of drug-likeness (QED) is 0.727. The average Bonchev–Trinajstić information content (AvgIpc) is 3.10. The Morgan fingerprint density at radius 1 is 1.12 bits per heavy atom. The Kier molecular flexibility index (Phi) is 4.10. The number of carbonyl (C=O) groups excluding carboxylic acids is 1. The van der Waals surface area contributed by atoms with Crippen LogP contribution in [0.25, 0.3) is 0 Å². The van der Waals surface area contributed by atoms with Gasteiger partial charge in [-0.15, -0.1) is 0 Å². The van der Waals surface area contributed by atoms with Gasteiger partial charge in [0.25, 0.3) is 0 Å². The van der Waals surface area contributed by atoms with Crippen molar-refractivity contribution in [3.05, 3.63) is 82.5 Å². The highest BCUT2D eigenvalue weighted by molar-refractivity contribution is 6.10. The Labute approximate surface area is 146 Å². The monoisotopic (exact) mass is 332 g/mol. The first-order valence-corrected chi connectivity index (χ1v) is 8.61. The summed E-state index contributed by atoms with van der Waals surface area (Å²) < 4.78 is 5.37. The predicted molar refractivity (Wildman–Crippen MR) is 97.1 cm³/mol. The van der Waals surface area contributed by atoms with E-state index in [9.17, 15) is 4.79 Å². The minimum absolute atomic E-state index is 0.0844. The van der Waals surface area contributed by atoms with Crippen molar-refractivity contribution < 1.29 is 9.32 Å². The van der Waals surface area contributed by atoms with Gasteiger partial charge in [0.15, 0.2) is 5.78 Å². The van der Waals surface area contributed by atoms with Gasteiger partial charge in [-0.2, -0.15) is 0 Å². The van der Waals surface area contributed by atoms with E-state index in [1.807, 2.05) is 55.6 Å². The van der Waals surface area contributed by atoms with Crippen LogP contribution in [0.3, 0.4) is 0 Å². The fourth-order valence-electron chi connectivity index (χ4n) is 3.68. The van der Waals surface area contributed by atoms with Gasteiger partial charge in [0, 0.05) is 23.7 Å². The molecule has 0 amide bonds. The highest BCUT2D eigenvalue weighted by Crippen LogP contribution is 2.37. The van der Waals surface area contributed by atoms with Gasteiger partial charge < -0.3 is 9.84 Å². The van der Waals surface area contributed by atoms with Crippen molar-refractivity contribution in [2.45, 2.75) is 25.2 Å². The molecule has 0 radical (unpaired) electrons. The normalized spacial score (nSPS) is 16.3. The Hall–Kier alpha value is -2.88. The van der Waals surface area contributed by atoms with Crippen molar-refractivity contribution in [1.29, 1.82) is 0 Å². The number of benzene rings is 2. The Balaban J connectivity index is 1.69. The number of hydrogen-bond acceptors (Lipinski definition) is 4.